The van der Waals surface area contributed by atoms with Crippen LogP contribution in [0.3, 0.4) is 0 Å². The molecule has 3 N–H and O–H groups in total. The predicted octanol–water partition coefficient (Wildman–Crippen LogP) is 1.78. The molecular formula is C14H21N3O. The van der Waals surface area contributed by atoms with E-state index in [-0.39, 0.29) is 18.0 Å². The Kier molecular flexibility index (Phi) is 4.31. The molecule has 1 aliphatic carbocycles. The van der Waals surface area contributed by atoms with Crippen LogP contribution >= 0.6 is 0 Å². The van der Waals surface area contributed by atoms with Gasteiger partial charge in [-0.15, -0.1) is 0 Å². The van der Waals surface area contributed by atoms with Gasteiger partial charge in [0.1, 0.15) is 0 Å². The third-order valence-corrected chi connectivity index (χ3v) is 3.67. The van der Waals surface area contributed by atoms with Crippen molar-refractivity contribution in [2.24, 2.45) is 11.7 Å². The molecule has 18 heavy (non-hydrogen) atoms. The summed E-state index contributed by atoms with van der Waals surface area (Å²) in [6, 6.07) is 5.87. The van der Waals surface area contributed by atoms with Crippen LogP contribution in [0.15, 0.2) is 24.4 Å². The van der Waals surface area contributed by atoms with E-state index in [4.69, 9.17) is 5.73 Å². The van der Waals surface area contributed by atoms with E-state index in [0.717, 1.165) is 25.0 Å². The van der Waals surface area contributed by atoms with Gasteiger partial charge in [-0.25, -0.2) is 0 Å². The van der Waals surface area contributed by atoms with Gasteiger partial charge in [-0.05, 0) is 37.8 Å². The molecule has 4 heteroatoms. The second-order valence-electron chi connectivity index (χ2n) is 5.10. The molecule has 2 rings (SSSR count). The molecule has 0 bridgehead atoms. The van der Waals surface area contributed by atoms with Crippen LogP contribution in [0.1, 0.15) is 44.3 Å². The Bertz CT molecular complexity index is 393. The molecule has 1 unspecified atom stereocenters. The van der Waals surface area contributed by atoms with Crippen molar-refractivity contribution in [2.75, 3.05) is 0 Å². The number of carbonyl (C=O) groups excluding carboxylic acids is 1. The summed E-state index contributed by atoms with van der Waals surface area (Å²) in [4.78, 5) is 16.2. The summed E-state index contributed by atoms with van der Waals surface area (Å²) >= 11 is 0. The first-order valence-electron chi connectivity index (χ1n) is 6.62. The molecular weight excluding hydrogens is 226 g/mol. The Hall–Kier alpha value is -1.42. The highest BCUT2D eigenvalue weighted by molar-refractivity contribution is 5.76. The van der Waals surface area contributed by atoms with Gasteiger partial charge in [-0.2, -0.15) is 0 Å². The number of carbonyl (C=O) groups is 1. The van der Waals surface area contributed by atoms with Gasteiger partial charge in [0.15, 0.2) is 0 Å². The monoisotopic (exact) mass is 247 g/mol. The van der Waals surface area contributed by atoms with Crippen molar-refractivity contribution in [3.63, 3.8) is 0 Å². The molecule has 1 amide bonds. The second kappa shape index (κ2) is 5.96. The molecule has 0 saturated heterocycles. The molecule has 1 saturated carbocycles. The predicted molar refractivity (Wildman–Crippen MR) is 70.7 cm³/mol. The van der Waals surface area contributed by atoms with Gasteiger partial charge in [0.2, 0.25) is 5.91 Å². The normalized spacial score (nSPS) is 24.8. The molecule has 1 aromatic rings. The van der Waals surface area contributed by atoms with E-state index in [1.54, 1.807) is 6.20 Å². The number of rotatable bonds is 4. The number of hydrogen-bond donors (Lipinski definition) is 2. The van der Waals surface area contributed by atoms with E-state index < -0.39 is 0 Å². The Labute approximate surface area is 108 Å². The molecule has 3 atom stereocenters. The number of nitrogens with zero attached hydrogens (tertiary/aromatic N) is 1. The average Bonchev–Trinajstić information content (AvgIpc) is 2.76. The van der Waals surface area contributed by atoms with Gasteiger partial charge >= 0.3 is 0 Å². The molecule has 4 nitrogen and oxygen atoms in total. The highest BCUT2D eigenvalue weighted by Gasteiger charge is 2.26. The van der Waals surface area contributed by atoms with Crippen LogP contribution in [0.25, 0.3) is 0 Å². The summed E-state index contributed by atoms with van der Waals surface area (Å²) in [7, 11) is 0. The van der Waals surface area contributed by atoms with Gasteiger partial charge in [0.25, 0.3) is 0 Å². The third-order valence-electron chi connectivity index (χ3n) is 3.67. The Morgan fingerprint density at radius 3 is 3.00 bits per heavy atom. The molecule has 0 aromatic carbocycles. The quantitative estimate of drug-likeness (QED) is 0.852. The van der Waals surface area contributed by atoms with Crippen molar-refractivity contribution in [3.8, 4) is 0 Å². The molecule has 0 aliphatic heterocycles. The molecule has 1 aliphatic rings. The summed E-state index contributed by atoms with van der Waals surface area (Å²) in [5.74, 6) is 0.427. The van der Waals surface area contributed by atoms with E-state index in [1.807, 2.05) is 25.1 Å². The lowest BCUT2D eigenvalue weighted by Gasteiger charge is -2.17. The first-order valence-corrected chi connectivity index (χ1v) is 6.62. The summed E-state index contributed by atoms with van der Waals surface area (Å²) in [5, 5.41) is 2.99. The third kappa shape index (κ3) is 3.29. The Morgan fingerprint density at radius 1 is 1.56 bits per heavy atom. The van der Waals surface area contributed by atoms with E-state index in [1.165, 1.54) is 0 Å². The lowest BCUT2D eigenvalue weighted by atomic mass is 9.99. The van der Waals surface area contributed by atoms with Crippen LogP contribution in [0.4, 0.5) is 0 Å². The maximum Gasteiger partial charge on any atom is 0.220 e. The van der Waals surface area contributed by atoms with Crippen molar-refractivity contribution < 1.29 is 4.79 Å². The maximum absolute atomic E-state index is 11.9. The standard InChI is InChI=1S/C14H21N3O/c1-10(13-7-2-3-8-16-13)17-14(18)9-11-5-4-6-12(11)15/h2-3,7-8,10-12H,4-6,9,15H2,1H3,(H,17,18)/t10?,11-,12+/m0/s1. The van der Waals surface area contributed by atoms with Crippen molar-refractivity contribution in [3.05, 3.63) is 30.1 Å². The maximum atomic E-state index is 11.9. The molecule has 1 heterocycles. The Balaban J connectivity index is 1.84. The van der Waals surface area contributed by atoms with Gasteiger partial charge in [-0.3, -0.25) is 9.78 Å². The van der Waals surface area contributed by atoms with Crippen molar-refractivity contribution in [1.29, 1.82) is 0 Å². The molecule has 0 spiro atoms. The summed E-state index contributed by atoms with van der Waals surface area (Å²) in [6.45, 7) is 1.95. The number of pyridine rings is 1. The van der Waals surface area contributed by atoms with E-state index in [0.29, 0.717) is 12.3 Å². The highest BCUT2D eigenvalue weighted by atomic mass is 16.1. The van der Waals surface area contributed by atoms with E-state index in [2.05, 4.69) is 10.3 Å². The molecule has 98 valence electrons. The number of aromatic nitrogens is 1. The molecule has 1 aromatic heterocycles. The van der Waals surface area contributed by atoms with Crippen molar-refractivity contribution in [2.45, 2.75) is 44.7 Å². The zero-order valence-corrected chi connectivity index (χ0v) is 10.8. The fraction of sp³-hybridized carbons (Fsp3) is 0.571. The fourth-order valence-electron chi connectivity index (χ4n) is 2.56. The van der Waals surface area contributed by atoms with Crippen LogP contribution < -0.4 is 11.1 Å². The van der Waals surface area contributed by atoms with E-state index >= 15 is 0 Å². The second-order valence-corrected chi connectivity index (χ2v) is 5.10. The highest BCUT2D eigenvalue weighted by Crippen LogP contribution is 2.26. The van der Waals surface area contributed by atoms with Gasteiger partial charge in [0.05, 0.1) is 11.7 Å². The first kappa shape index (κ1) is 13.0. The zero-order chi connectivity index (χ0) is 13.0. The fourth-order valence-corrected chi connectivity index (χ4v) is 2.56. The van der Waals surface area contributed by atoms with Gasteiger partial charge in [-0.1, -0.05) is 12.5 Å². The molecule has 0 radical (unpaired) electrons. The van der Waals surface area contributed by atoms with Crippen LogP contribution in [-0.4, -0.2) is 16.9 Å². The van der Waals surface area contributed by atoms with Crippen LogP contribution in [0.2, 0.25) is 0 Å². The zero-order valence-electron chi connectivity index (χ0n) is 10.8. The Morgan fingerprint density at radius 2 is 2.39 bits per heavy atom. The lowest BCUT2D eigenvalue weighted by molar-refractivity contribution is -0.122. The van der Waals surface area contributed by atoms with Gasteiger partial charge < -0.3 is 11.1 Å². The van der Waals surface area contributed by atoms with Crippen LogP contribution in [0, 0.1) is 5.92 Å². The number of hydrogen-bond acceptors (Lipinski definition) is 3. The summed E-state index contributed by atoms with van der Waals surface area (Å²) < 4.78 is 0. The largest absolute Gasteiger partial charge is 0.348 e. The number of amides is 1. The summed E-state index contributed by atoms with van der Waals surface area (Å²) in [6.07, 6.45) is 5.55. The minimum Gasteiger partial charge on any atom is -0.348 e. The first-order chi connectivity index (χ1) is 8.66. The van der Waals surface area contributed by atoms with Crippen LogP contribution in [-0.2, 0) is 4.79 Å². The molecule has 1 fully saturated rings. The van der Waals surface area contributed by atoms with E-state index in [9.17, 15) is 4.79 Å². The van der Waals surface area contributed by atoms with Crippen LogP contribution in [0.5, 0.6) is 0 Å². The number of nitrogens with two attached hydrogens (primary N) is 1. The smallest absolute Gasteiger partial charge is 0.220 e. The summed E-state index contributed by atoms with van der Waals surface area (Å²) in [5.41, 5.74) is 6.87. The van der Waals surface area contributed by atoms with Gasteiger partial charge in [0, 0.05) is 18.7 Å². The minimum atomic E-state index is -0.0451. The minimum absolute atomic E-state index is 0.0451. The lowest BCUT2D eigenvalue weighted by Crippen LogP contribution is -2.33. The topological polar surface area (TPSA) is 68.0 Å². The number of nitrogens with one attached hydrogen (secondary N) is 1. The van der Waals surface area contributed by atoms with Crippen molar-refractivity contribution >= 4 is 5.91 Å². The van der Waals surface area contributed by atoms with Crippen molar-refractivity contribution in [1.82, 2.24) is 10.3 Å². The average molecular weight is 247 g/mol. The SMILES string of the molecule is CC(NC(=O)C[C@@H]1CCC[C@H]1N)c1ccccn1.